The average molecular weight is 294 g/mol. The van der Waals surface area contributed by atoms with Crippen LogP contribution in [0.25, 0.3) is 21.5 Å². The summed E-state index contributed by atoms with van der Waals surface area (Å²) in [5, 5.41) is 5.15. The van der Waals surface area contributed by atoms with Gasteiger partial charge in [0.25, 0.3) is 0 Å². The van der Waals surface area contributed by atoms with Crippen LogP contribution in [0.1, 0.15) is 11.6 Å². The summed E-state index contributed by atoms with van der Waals surface area (Å²) in [4.78, 5) is 8.40. The van der Waals surface area contributed by atoms with Gasteiger partial charge in [-0.25, -0.2) is 0 Å². The molecule has 102 valence electrons. The molecule has 0 atom stereocenters. The SMILES string of the molecule is c1ccc2c(Cc3nc(-c4ccncc4)no3)nsc2c1. The van der Waals surface area contributed by atoms with E-state index in [1.54, 1.807) is 12.4 Å². The fourth-order valence-corrected chi connectivity index (χ4v) is 2.95. The van der Waals surface area contributed by atoms with Crippen LogP contribution in [0.15, 0.2) is 53.3 Å². The third-order valence-corrected chi connectivity index (χ3v) is 4.04. The first-order valence-electron chi connectivity index (χ1n) is 6.46. The first kappa shape index (κ1) is 12.2. The summed E-state index contributed by atoms with van der Waals surface area (Å²) in [7, 11) is 0. The lowest BCUT2D eigenvalue weighted by molar-refractivity contribution is 0.385. The number of rotatable bonds is 3. The highest BCUT2D eigenvalue weighted by molar-refractivity contribution is 7.13. The highest BCUT2D eigenvalue weighted by atomic mass is 32.1. The number of benzene rings is 1. The second-order valence-electron chi connectivity index (χ2n) is 4.55. The molecule has 0 aliphatic carbocycles. The predicted octanol–water partition coefficient (Wildman–Crippen LogP) is 3.33. The van der Waals surface area contributed by atoms with Gasteiger partial charge in [-0.1, -0.05) is 23.4 Å². The third-order valence-electron chi connectivity index (χ3n) is 3.18. The molecule has 4 aromatic rings. The van der Waals surface area contributed by atoms with E-state index < -0.39 is 0 Å². The third kappa shape index (κ3) is 2.30. The monoisotopic (exact) mass is 294 g/mol. The summed E-state index contributed by atoms with van der Waals surface area (Å²) in [6, 6.07) is 11.9. The van der Waals surface area contributed by atoms with Crippen molar-refractivity contribution in [1.82, 2.24) is 19.5 Å². The molecule has 3 heterocycles. The van der Waals surface area contributed by atoms with E-state index in [0.29, 0.717) is 18.1 Å². The topological polar surface area (TPSA) is 64.7 Å². The van der Waals surface area contributed by atoms with E-state index in [-0.39, 0.29) is 0 Å². The number of nitrogens with zero attached hydrogens (tertiary/aromatic N) is 4. The van der Waals surface area contributed by atoms with E-state index in [1.807, 2.05) is 24.3 Å². The smallest absolute Gasteiger partial charge is 0.233 e. The number of fused-ring (bicyclic) bond motifs is 1. The molecule has 0 saturated heterocycles. The summed E-state index contributed by atoms with van der Waals surface area (Å²) in [6.45, 7) is 0. The fourth-order valence-electron chi connectivity index (χ4n) is 2.15. The maximum atomic E-state index is 5.32. The van der Waals surface area contributed by atoms with Gasteiger partial charge in [0.05, 0.1) is 16.8 Å². The van der Waals surface area contributed by atoms with Crippen LogP contribution in [0, 0.1) is 0 Å². The van der Waals surface area contributed by atoms with E-state index in [0.717, 1.165) is 16.6 Å². The standard InChI is InChI=1S/C15H10N4OS/c1-2-4-13-11(3-1)12(19-21-13)9-14-17-15(18-20-14)10-5-7-16-8-6-10/h1-8H,9H2. The summed E-state index contributed by atoms with van der Waals surface area (Å²) in [5.74, 6) is 1.14. The Morgan fingerprint density at radius 3 is 2.81 bits per heavy atom. The van der Waals surface area contributed by atoms with Crippen LogP contribution >= 0.6 is 11.5 Å². The highest BCUT2D eigenvalue weighted by Crippen LogP contribution is 2.24. The number of pyridine rings is 1. The Hall–Kier alpha value is -2.60. The molecule has 6 heteroatoms. The molecule has 0 aliphatic rings. The minimum absolute atomic E-state index is 0.544. The molecule has 0 spiro atoms. The van der Waals surface area contributed by atoms with Crippen molar-refractivity contribution in [3.8, 4) is 11.4 Å². The Morgan fingerprint density at radius 2 is 1.90 bits per heavy atom. The molecule has 0 radical (unpaired) electrons. The van der Waals surface area contributed by atoms with Crippen molar-refractivity contribution in [2.45, 2.75) is 6.42 Å². The van der Waals surface area contributed by atoms with Crippen molar-refractivity contribution in [1.29, 1.82) is 0 Å². The molecule has 21 heavy (non-hydrogen) atoms. The van der Waals surface area contributed by atoms with Crippen LogP contribution in [0.3, 0.4) is 0 Å². The van der Waals surface area contributed by atoms with Gasteiger partial charge in [-0.15, -0.1) is 0 Å². The van der Waals surface area contributed by atoms with Gasteiger partial charge >= 0.3 is 0 Å². The molecule has 0 amide bonds. The minimum atomic E-state index is 0.544. The van der Waals surface area contributed by atoms with Gasteiger partial charge in [-0.2, -0.15) is 9.36 Å². The van der Waals surface area contributed by atoms with E-state index in [4.69, 9.17) is 4.52 Å². The Labute approximate surface area is 124 Å². The fraction of sp³-hybridized carbons (Fsp3) is 0.0667. The van der Waals surface area contributed by atoms with Gasteiger partial charge in [0, 0.05) is 23.3 Å². The Morgan fingerprint density at radius 1 is 1.05 bits per heavy atom. The van der Waals surface area contributed by atoms with E-state index >= 15 is 0 Å². The molecule has 0 saturated carbocycles. The van der Waals surface area contributed by atoms with E-state index in [1.165, 1.54) is 16.2 Å². The van der Waals surface area contributed by atoms with Crippen molar-refractivity contribution >= 4 is 21.6 Å². The Kier molecular flexibility index (Phi) is 2.93. The number of hydrogen-bond acceptors (Lipinski definition) is 6. The minimum Gasteiger partial charge on any atom is -0.339 e. The highest BCUT2D eigenvalue weighted by Gasteiger charge is 2.12. The van der Waals surface area contributed by atoms with Gasteiger partial charge < -0.3 is 4.52 Å². The summed E-state index contributed by atoms with van der Waals surface area (Å²) in [6.07, 6.45) is 3.96. The molecular weight excluding hydrogens is 284 g/mol. The van der Waals surface area contributed by atoms with Crippen LogP contribution in [0.2, 0.25) is 0 Å². The molecule has 0 unspecified atom stereocenters. The van der Waals surface area contributed by atoms with E-state index in [9.17, 15) is 0 Å². The van der Waals surface area contributed by atoms with Crippen LogP contribution < -0.4 is 0 Å². The first-order valence-corrected chi connectivity index (χ1v) is 7.24. The van der Waals surface area contributed by atoms with Gasteiger partial charge in [0.15, 0.2) is 0 Å². The largest absolute Gasteiger partial charge is 0.339 e. The normalized spacial score (nSPS) is 11.0. The lowest BCUT2D eigenvalue weighted by atomic mass is 10.2. The van der Waals surface area contributed by atoms with Gasteiger partial charge in [-0.3, -0.25) is 4.98 Å². The molecule has 3 aromatic heterocycles. The number of aromatic nitrogens is 4. The Balaban J connectivity index is 1.65. The molecule has 0 fully saturated rings. The van der Waals surface area contributed by atoms with Crippen LogP contribution in [-0.2, 0) is 6.42 Å². The van der Waals surface area contributed by atoms with Gasteiger partial charge in [0.2, 0.25) is 11.7 Å². The second kappa shape index (κ2) is 5.06. The Bertz CT molecular complexity index is 885. The zero-order chi connectivity index (χ0) is 14.1. The van der Waals surface area contributed by atoms with Crippen molar-refractivity contribution in [3.63, 3.8) is 0 Å². The van der Waals surface area contributed by atoms with Crippen LogP contribution in [0.5, 0.6) is 0 Å². The second-order valence-corrected chi connectivity index (χ2v) is 5.35. The summed E-state index contributed by atoms with van der Waals surface area (Å²) < 4.78 is 11.0. The lowest BCUT2D eigenvalue weighted by Gasteiger charge is -1.92. The maximum Gasteiger partial charge on any atom is 0.233 e. The molecule has 1 aromatic carbocycles. The van der Waals surface area contributed by atoms with Gasteiger partial charge in [0.1, 0.15) is 0 Å². The van der Waals surface area contributed by atoms with Gasteiger partial charge in [-0.05, 0) is 29.7 Å². The molecule has 0 aliphatic heterocycles. The average Bonchev–Trinajstić information content (AvgIpc) is 3.17. The zero-order valence-electron chi connectivity index (χ0n) is 10.9. The zero-order valence-corrected chi connectivity index (χ0v) is 11.7. The van der Waals surface area contributed by atoms with Crippen molar-refractivity contribution < 1.29 is 4.52 Å². The van der Waals surface area contributed by atoms with E-state index in [2.05, 4.69) is 31.6 Å². The maximum absolute atomic E-state index is 5.32. The molecule has 0 bridgehead atoms. The molecule has 4 rings (SSSR count). The number of hydrogen-bond donors (Lipinski definition) is 0. The predicted molar refractivity (Wildman–Crippen MR) is 80.0 cm³/mol. The molecule has 5 nitrogen and oxygen atoms in total. The quantitative estimate of drug-likeness (QED) is 0.580. The van der Waals surface area contributed by atoms with Crippen molar-refractivity contribution in [2.75, 3.05) is 0 Å². The van der Waals surface area contributed by atoms with Crippen molar-refractivity contribution in [2.24, 2.45) is 0 Å². The first-order chi connectivity index (χ1) is 10.4. The lowest BCUT2D eigenvalue weighted by Crippen LogP contribution is -1.89. The van der Waals surface area contributed by atoms with Crippen LogP contribution in [0.4, 0.5) is 0 Å². The molecule has 0 N–H and O–H groups in total. The molecular formula is C15H10N4OS. The van der Waals surface area contributed by atoms with Crippen LogP contribution in [-0.4, -0.2) is 19.5 Å². The summed E-state index contributed by atoms with van der Waals surface area (Å²) in [5.41, 5.74) is 1.86. The van der Waals surface area contributed by atoms with Crippen molar-refractivity contribution in [3.05, 3.63) is 60.4 Å². The summed E-state index contributed by atoms with van der Waals surface area (Å²) >= 11 is 1.49.